The zero-order valence-electron chi connectivity index (χ0n) is 9.43. The number of nitrogens with zero attached hydrogens (tertiary/aromatic N) is 1. The van der Waals surface area contributed by atoms with Crippen LogP contribution in [0.15, 0.2) is 35.7 Å². The third-order valence-corrected chi connectivity index (χ3v) is 3.13. The molecule has 4 nitrogen and oxygen atoms in total. The minimum Gasteiger partial charge on any atom is -0.484 e. The SMILES string of the molecule is O=C(COc1ccccc1)Nc1nc(CCl)cs1. The summed E-state index contributed by atoms with van der Waals surface area (Å²) in [5, 5.41) is 4.99. The monoisotopic (exact) mass is 282 g/mol. The molecule has 1 amide bonds. The van der Waals surface area contributed by atoms with Gasteiger partial charge in [-0.1, -0.05) is 18.2 Å². The molecule has 0 unspecified atom stereocenters. The van der Waals surface area contributed by atoms with Crippen LogP contribution in [0.5, 0.6) is 5.75 Å². The molecule has 0 aliphatic carbocycles. The van der Waals surface area contributed by atoms with Gasteiger partial charge in [-0.05, 0) is 12.1 Å². The number of rotatable bonds is 5. The number of amides is 1. The van der Waals surface area contributed by atoms with Gasteiger partial charge < -0.3 is 4.74 Å². The molecule has 6 heteroatoms. The van der Waals surface area contributed by atoms with Gasteiger partial charge >= 0.3 is 0 Å². The van der Waals surface area contributed by atoms with Gasteiger partial charge in [-0.2, -0.15) is 0 Å². The summed E-state index contributed by atoms with van der Waals surface area (Å²) in [5.74, 6) is 0.759. The maximum absolute atomic E-state index is 11.6. The summed E-state index contributed by atoms with van der Waals surface area (Å²) in [7, 11) is 0. The molecule has 0 saturated carbocycles. The van der Waals surface area contributed by atoms with E-state index in [1.807, 2.05) is 18.2 Å². The third kappa shape index (κ3) is 3.72. The largest absolute Gasteiger partial charge is 0.484 e. The summed E-state index contributed by atoms with van der Waals surface area (Å²) >= 11 is 6.97. The summed E-state index contributed by atoms with van der Waals surface area (Å²) in [6.45, 7) is -0.0419. The fourth-order valence-corrected chi connectivity index (χ4v) is 2.20. The normalized spacial score (nSPS) is 10.1. The molecule has 0 fully saturated rings. The minimum atomic E-state index is -0.241. The van der Waals surface area contributed by atoms with Crippen LogP contribution in [0.4, 0.5) is 5.13 Å². The Morgan fingerprint density at radius 3 is 2.83 bits per heavy atom. The Kier molecular flexibility index (Phi) is 4.55. The highest BCUT2D eigenvalue weighted by molar-refractivity contribution is 7.13. The molecular formula is C12H11ClN2O2S. The van der Waals surface area contributed by atoms with E-state index >= 15 is 0 Å². The second-order valence-electron chi connectivity index (χ2n) is 3.43. The lowest BCUT2D eigenvalue weighted by Gasteiger charge is -2.05. The lowest BCUT2D eigenvalue weighted by molar-refractivity contribution is -0.118. The first-order valence-corrected chi connectivity index (χ1v) is 6.67. The average molecular weight is 283 g/mol. The topological polar surface area (TPSA) is 51.2 Å². The van der Waals surface area contributed by atoms with Crippen molar-refractivity contribution in [3.63, 3.8) is 0 Å². The number of thiazole rings is 1. The molecule has 0 aliphatic heterocycles. The van der Waals surface area contributed by atoms with Gasteiger partial charge in [0.1, 0.15) is 5.75 Å². The molecule has 0 radical (unpaired) electrons. The first-order chi connectivity index (χ1) is 8.78. The molecule has 0 aliphatic rings. The van der Waals surface area contributed by atoms with E-state index in [4.69, 9.17) is 16.3 Å². The second-order valence-corrected chi connectivity index (χ2v) is 4.55. The van der Waals surface area contributed by atoms with Crippen molar-refractivity contribution in [2.45, 2.75) is 5.88 Å². The minimum absolute atomic E-state index is 0.0419. The Morgan fingerprint density at radius 1 is 1.39 bits per heavy atom. The zero-order chi connectivity index (χ0) is 12.8. The molecule has 1 N–H and O–H groups in total. The first-order valence-electron chi connectivity index (χ1n) is 5.26. The molecule has 1 aromatic heterocycles. The van der Waals surface area contributed by atoms with Crippen molar-refractivity contribution in [2.75, 3.05) is 11.9 Å². The highest BCUT2D eigenvalue weighted by Crippen LogP contribution is 2.16. The standard InChI is InChI=1S/C12H11ClN2O2S/c13-6-9-8-18-12(14-9)15-11(16)7-17-10-4-2-1-3-5-10/h1-5,8H,6-7H2,(H,14,15,16). The van der Waals surface area contributed by atoms with E-state index < -0.39 is 0 Å². The molecule has 1 aromatic carbocycles. The van der Waals surface area contributed by atoms with Crippen LogP contribution in [-0.4, -0.2) is 17.5 Å². The van der Waals surface area contributed by atoms with Crippen molar-refractivity contribution in [1.82, 2.24) is 4.98 Å². The van der Waals surface area contributed by atoms with Crippen LogP contribution in [0.2, 0.25) is 0 Å². The van der Waals surface area contributed by atoms with Gasteiger partial charge in [0, 0.05) is 5.38 Å². The molecule has 0 bridgehead atoms. The molecule has 0 saturated heterocycles. The third-order valence-electron chi connectivity index (χ3n) is 2.05. The number of hydrogen-bond acceptors (Lipinski definition) is 4. The number of carbonyl (C=O) groups excluding carboxylic acids is 1. The Labute approximate surface area is 114 Å². The maximum atomic E-state index is 11.6. The Bertz CT molecular complexity index is 516. The van der Waals surface area contributed by atoms with E-state index in [1.54, 1.807) is 17.5 Å². The summed E-state index contributed by atoms with van der Waals surface area (Å²) in [5.41, 5.74) is 0.751. The number of anilines is 1. The van der Waals surface area contributed by atoms with E-state index in [-0.39, 0.29) is 12.5 Å². The van der Waals surface area contributed by atoms with Gasteiger partial charge in [-0.3, -0.25) is 10.1 Å². The van der Waals surface area contributed by atoms with E-state index in [2.05, 4.69) is 10.3 Å². The highest BCUT2D eigenvalue weighted by Gasteiger charge is 2.06. The van der Waals surface area contributed by atoms with E-state index in [0.29, 0.717) is 16.8 Å². The van der Waals surface area contributed by atoms with Crippen molar-refractivity contribution in [2.24, 2.45) is 0 Å². The molecule has 2 aromatic rings. The predicted octanol–water partition coefficient (Wildman–Crippen LogP) is 2.90. The summed E-state index contributed by atoms with van der Waals surface area (Å²) in [6.07, 6.45) is 0. The van der Waals surface area contributed by atoms with Gasteiger partial charge in [-0.15, -0.1) is 22.9 Å². The van der Waals surface area contributed by atoms with Crippen LogP contribution in [0, 0.1) is 0 Å². The second kappa shape index (κ2) is 6.37. The Morgan fingerprint density at radius 2 is 2.17 bits per heavy atom. The number of benzene rings is 1. The van der Waals surface area contributed by atoms with Crippen molar-refractivity contribution >= 4 is 34.0 Å². The van der Waals surface area contributed by atoms with Crippen LogP contribution in [0.3, 0.4) is 0 Å². The Balaban J connectivity index is 1.82. The van der Waals surface area contributed by atoms with Gasteiger partial charge in [0.2, 0.25) is 0 Å². The van der Waals surface area contributed by atoms with Crippen molar-refractivity contribution in [3.05, 3.63) is 41.4 Å². The summed E-state index contributed by atoms with van der Waals surface area (Å²) in [6, 6.07) is 9.17. The van der Waals surface area contributed by atoms with Gasteiger partial charge in [0.25, 0.3) is 5.91 Å². The van der Waals surface area contributed by atoms with Crippen molar-refractivity contribution in [3.8, 4) is 5.75 Å². The Hall–Kier alpha value is -1.59. The molecule has 0 atom stereocenters. The number of para-hydroxylation sites is 1. The summed E-state index contributed by atoms with van der Waals surface area (Å²) in [4.78, 5) is 15.7. The molecule has 18 heavy (non-hydrogen) atoms. The van der Waals surface area contributed by atoms with Crippen LogP contribution in [0.25, 0.3) is 0 Å². The molecule has 2 rings (SSSR count). The number of ether oxygens (including phenoxy) is 1. The predicted molar refractivity (Wildman–Crippen MR) is 72.2 cm³/mol. The number of hydrogen-bond donors (Lipinski definition) is 1. The molecule has 1 heterocycles. The fraction of sp³-hybridized carbons (Fsp3) is 0.167. The molecular weight excluding hydrogens is 272 g/mol. The number of carbonyl (C=O) groups is 1. The maximum Gasteiger partial charge on any atom is 0.264 e. The van der Waals surface area contributed by atoms with Crippen LogP contribution >= 0.6 is 22.9 Å². The number of nitrogens with one attached hydrogen (secondary N) is 1. The van der Waals surface area contributed by atoms with Gasteiger partial charge in [-0.25, -0.2) is 4.98 Å². The van der Waals surface area contributed by atoms with Crippen molar-refractivity contribution < 1.29 is 9.53 Å². The van der Waals surface area contributed by atoms with E-state index in [1.165, 1.54) is 11.3 Å². The van der Waals surface area contributed by atoms with Gasteiger partial charge in [0.15, 0.2) is 11.7 Å². The van der Waals surface area contributed by atoms with Crippen LogP contribution in [0.1, 0.15) is 5.69 Å². The van der Waals surface area contributed by atoms with Gasteiger partial charge in [0.05, 0.1) is 11.6 Å². The van der Waals surface area contributed by atoms with Crippen LogP contribution in [-0.2, 0) is 10.7 Å². The smallest absolute Gasteiger partial charge is 0.264 e. The number of alkyl halides is 1. The highest BCUT2D eigenvalue weighted by atomic mass is 35.5. The quantitative estimate of drug-likeness (QED) is 0.858. The molecule has 0 spiro atoms. The zero-order valence-corrected chi connectivity index (χ0v) is 11.0. The first kappa shape index (κ1) is 12.9. The fourth-order valence-electron chi connectivity index (χ4n) is 1.25. The average Bonchev–Trinajstić information content (AvgIpc) is 2.85. The van der Waals surface area contributed by atoms with Crippen LogP contribution < -0.4 is 10.1 Å². The van der Waals surface area contributed by atoms with E-state index in [0.717, 1.165) is 5.69 Å². The van der Waals surface area contributed by atoms with E-state index in [9.17, 15) is 4.79 Å². The lowest BCUT2D eigenvalue weighted by atomic mass is 10.3. The number of halogens is 1. The number of aromatic nitrogens is 1. The van der Waals surface area contributed by atoms with Crippen molar-refractivity contribution in [1.29, 1.82) is 0 Å². The molecule has 94 valence electrons. The lowest BCUT2D eigenvalue weighted by Crippen LogP contribution is -2.20. The summed E-state index contributed by atoms with van der Waals surface area (Å²) < 4.78 is 5.31.